The van der Waals surface area contributed by atoms with Crippen LogP contribution in [-0.4, -0.2) is 7.25 Å². The molecule has 5 aromatic carbocycles. The summed E-state index contributed by atoms with van der Waals surface area (Å²) in [4.78, 5) is 0. The molecule has 0 aliphatic carbocycles. The largest absolute Gasteiger partial charge is 0.673 e. The average Bonchev–Trinajstić information content (AvgIpc) is 3.03. The van der Waals surface area contributed by atoms with E-state index in [1.54, 1.807) is 6.07 Å². The van der Waals surface area contributed by atoms with Crippen LogP contribution >= 0.6 is 28.3 Å². The summed E-state index contributed by atoms with van der Waals surface area (Å²) >= 11 is 0. The van der Waals surface area contributed by atoms with Crippen LogP contribution in [0, 0.1) is 30.7 Å². The molecule has 0 aliphatic rings. The zero-order chi connectivity index (χ0) is 31.1. The summed E-state index contributed by atoms with van der Waals surface area (Å²) in [5, 5.41) is 12.6. The van der Waals surface area contributed by atoms with Gasteiger partial charge in [-0.3, -0.25) is 0 Å². The van der Waals surface area contributed by atoms with E-state index in [0.717, 1.165) is 0 Å². The third-order valence-corrected chi connectivity index (χ3v) is 8.56. The second kappa shape index (κ2) is 28.6. The summed E-state index contributed by atoms with van der Waals surface area (Å²) in [6.45, 7) is 9.92. The zero-order valence-electron chi connectivity index (χ0n) is 24.7. The van der Waals surface area contributed by atoms with Crippen molar-refractivity contribution in [2.45, 2.75) is 6.92 Å². The molecule has 0 saturated carbocycles. The first kappa shape index (κ1) is 46.6. The van der Waals surface area contributed by atoms with Gasteiger partial charge < -0.3 is 36.7 Å². The first-order valence-corrected chi connectivity index (χ1v) is 15.7. The van der Waals surface area contributed by atoms with Crippen molar-refractivity contribution in [2.24, 2.45) is 0 Å². The summed E-state index contributed by atoms with van der Waals surface area (Å²) in [5.41, 5.74) is 0. The number of hydrogen-bond donors (Lipinski definition) is 1. The fourth-order valence-electron chi connectivity index (χ4n) is 3.07. The van der Waals surface area contributed by atoms with E-state index in [1.165, 1.54) is 28.1 Å². The molecule has 11 heteroatoms. The van der Waals surface area contributed by atoms with Gasteiger partial charge in [0.15, 0.2) is 0 Å². The van der Waals surface area contributed by atoms with E-state index in [-0.39, 0.29) is 39.0 Å². The van der Waals surface area contributed by atoms with Crippen LogP contribution in [-0.2, 0) is 20.4 Å². The topological polar surface area (TPSA) is 58.8 Å². The molecular weight excluding hydrogens is 727 g/mol. The molecule has 0 saturated heterocycles. The Kier molecular flexibility index (Phi) is 29.6. The molecule has 45 heavy (non-hydrogen) atoms. The van der Waals surface area contributed by atoms with Crippen LogP contribution in [0.1, 0.15) is 6.92 Å². The van der Waals surface area contributed by atoms with E-state index in [2.05, 4.69) is 116 Å². The summed E-state index contributed by atoms with van der Waals surface area (Å²) in [5.74, 6) is 0. The molecule has 0 bridgehead atoms. The molecule has 5 rings (SSSR count). The second-order valence-corrected chi connectivity index (χ2v) is 11.8. The Balaban J connectivity index is -0.000000533. The van der Waals surface area contributed by atoms with Gasteiger partial charge >= 0.3 is 7.25 Å². The summed E-state index contributed by atoms with van der Waals surface area (Å²) in [6.07, 6.45) is 0. The van der Waals surface area contributed by atoms with Crippen molar-refractivity contribution in [1.82, 2.24) is 6.15 Å². The third-order valence-electron chi connectivity index (χ3n) is 4.88. The molecule has 0 aromatic heterocycles. The molecule has 5 aromatic rings. The van der Waals surface area contributed by atoms with Gasteiger partial charge in [-0.15, -0.1) is 12.4 Å². The molecule has 0 radical (unpaired) electrons. The normalized spacial score (nSPS) is 9.07. The Morgan fingerprint density at radius 1 is 0.556 bits per heavy atom. The van der Waals surface area contributed by atoms with Crippen LogP contribution in [0.15, 0.2) is 152 Å². The van der Waals surface area contributed by atoms with Gasteiger partial charge in [0, 0.05) is 27.3 Å². The molecule has 0 unspecified atom stereocenters. The fourth-order valence-corrected chi connectivity index (χ4v) is 5.80. The van der Waals surface area contributed by atoms with Crippen molar-refractivity contribution in [3.63, 3.8) is 0 Å². The van der Waals surface area contributed by atoms with Gasteiger partial charge in [0.25, 0.3) is 0 Å². The summed E-state index contributed by atoms with van der Waals surface area (Å²) in [7, 11) is -6.84. The van der Waals surface area contributed by atoms with E-state index < -0.39 is 23.1 Å². The number of halogens is 5. The molecule has 0 fully saturated rings. The van der Waals surface area contributed by atoms with E-state index in [9.17, 15) is 17.3 Å². The summed E-state index contributed by atoms with van der Waals surface area (Å²) < 4.78 is 39.0. The van der Waals surface area contributed by atoms with Crippen molar-refractivity contribution in [3.8, 4) is 6.07 Å². The molecule has 2 nitrogen and oxygen atoms in total. The van der Waals surface area contributed by atoms with E-state index in [0.29, 0.717) is 0 Å². The number of benzene rings is 5. The molecule has 0 spiro atoms. The molecular formula is C34H36BClF4N2P2Pd-4. The maximum absolute atomic E-state index is 9.75. The van der Waals surface area contributed by atoms with Crippen LogP contribution in [0.4, 0.5) is 17.3 Å². The number of rotatable bonds is 4. The van der Waals surface area contributed by atoms with Gasteiger partial charge in [-0.05, 0) is 0 Å². The molecule has 0 heterocycles. The predicted octanol–water partition coefficient (Wildman–Crippen LogP) is 9.72. The average molecular weight is 763 g/mol. The van der Waals surface area contributed by atoms with Gasteiger partial charge in [0.05, 0.1) is 6.07 Å². The van der Waals surface area contributed by atoms with Gasteiger partial charge in [0.2, 0.25) is 0 Å². The standard InChI is InChI=1S/2C13H12P.C6H5.C2H3N.BF4.ClH.H3N.Pd/c2*1-14(12-8-4-2-5-9-12)13-10-6-3-7-11-13;1-2-4-6-5-3-1;1-2-3;2-1(3,4)5;;;/h2*2-11H,1H2;1-5H;1H3;;1H;1H3;/q3*-1;;-1;;;. The Morgan fingerprint density at radius 2 is 0.733 bits per heavy atom. The van der Waals surface area contributed by atoms with Gasteiger partial charge in [-0.2, -0.15) is 41.7 Å². The number of nitriles is 1. The van der Waals surface area contributed by atoms with E-state index in [4.69, 9.17) is 5.26 Å². The van der Waals surface area contributed by atoms with Crippen LogP contribution < -0.4 is 27.4 Å². The molecule has 0 amide bonds. The van der Waals surface area contributed by atoms with Crippen LogP contribution in [0.25, 0.3) is 0 Å². The van der Waals surface area contributed by atoms with Crippen molar-refractivity contribution in [1.29, 1.82) is 5.26 Å². The first-order chi connectivity index (χ1) is 20.2. The third kappa shape index (κ3) is 24.1. The number of nitrogens with zero attached hydrogens (tertiary/aromatic N) is 1. The Bertz CT molecular complexity index is 1180. The fraction of sp³-hybridized carbons (Fsp3) is 0.0294. The minimum absolute atomic E-state index is 0. The second-order valence-electron chi connectivity index (χ2n) is 7.99. The van der Waals surface area contributed by atoms with E-state index >= 15 is 0 Å². The van der Waals surface area contributed by atoms with Crippen molar-refractivity contribution in [3.05, 3.63) is 171 Å². The smallest absolute Gasteiger partial charge is 0.418 e. The summed E-state index contributed by atoms with van der Waals surface area (Å²) in [6, 6.07) is 56.1. The van der Waals surface area contributed by atoms with Crippen molar-refractivity contribution >= 4 is 56.7 Å². The quantitative estimate of drug-likeness (QED) is 0.0859. The maximum atomic E-state index is 9.75. The van der Waals surface area contributed by atoms with Crippen LogP contribution in [0.3, 0.4) is 0 Å². The van der Waals surface area contributed by atoms with Gasteiger partial charge in [-0.1, -0.05) is 143 Å². The SMILES string of the molecule is CC#N.Cl.F[B-](F)(F)F.N.[CH2-]P(c1ccccc1)c1ccccc1.[CH2-]P(c1ccccc1)c1ccccc1.[Pd].[c-]1ccccc1. The Hall–Kier alpha value is -2.85. The number of hydrogen-bond acceptors (Lipinski definition) is 2. The first-order valence-electron chi connectivity index (χ1n) is 12.7. The molecule has 3 N–H and O–H groups in total. The molecule has 0 aliphatic heterocycles. The predicted molar refractivity (Wildman–Crippen MR) is 188 cm³/mol. The van der Waals surface area contributed by atoms with E-state index in [1.807, 2.05) is 54.6 Å². The molecule has 244 valence electrons. The van der Waals surface area contributed by atoms with Gasteiger partial charge in [0.1, 0.15) is 0 Å². The van der Waals surface area contributed by atoms with Crippen molar-refractivity contribution in [2.75, 3.05) is 0 Å². The van der Waals surface area contributed by atoms with Crippen LogP contribution in [0.2, 0.25) is 0 Å². The van der Waals surface area contributed by atoms with Crippen molar-refractivity contribution < 1.29 is 37.7 Å². The zero-order valence-corrected chi connectivity index (χ0v) is 28.9. The molecule has 0 atom stereocenters. The minimum atomic E-state index is -6.00. The van der Waals surface area contributed by atoms with Crippen LogP contribution in [0.5, 0.6) is 0 Å². The van der Waals surface area contributed by atoms with Gasteiger partial charge in [-0.25, -0.2) is 15.8 Å². The monoisotopic (exact) mass is 762 g/mol. The Labute approximate surface area is 288 Å². The maximum Gasteiger partial charge on any atom is 0.673 e. The minimum Gasteiger partial charge on any atom is -0.418 e. The Morgan fingerprint density at radius 3 is 0.867 bits per heavy atom.